The smallest absolute Gasteiger partial charge is 0.159 e. The number of benzene rings is 1. The normalized spacial score (nSPS) is 18.9. The molecule has 31 heavy (non-hydrogen) atoms. The van der Waals surface area contributed by atoms with E-state index in [1.165, 1.54) is 89.5 Å². The van der Waals surface area contributed by atoms with E-state index in [1.807, 2.05) is 12.4 Å². The van der Waals surface area contributed by atoms with Crippen LogP contribution in [0.1, 0.15) is 96.0 Å². The van der Waals surface area contributed by atoms with Crippen molar-refractivity contribution in [1.82, 2.24) is 9.97 Å². The quantitative estimate of drug-likeness (QED) is 0.318. The minimum Gasteiger partial charge on any atom is -0.236 e. The van der Waals surface area contributed by atoms with Crippen molar-refractivity contribution in [3.8, 4) is 11.4 Å². The molecule has 0 unspecified atom stereocenters. The van der Waals surface area contributed by atoms with Crippen LogP contribution >= 0.6 is 0 Å². The predicted molar refractivity (Wildman–Crippen MR) is 124 cm³/mol. The standard InChI is InChI=1S/C27H38F2N2/c1-2-3-4-5-6-7-8-9-21-10-12-22(13-11-21)14-15-23-19-30-27(31-20-23)24-16-17-25(28)26(29)18-24/h16-22H,2-15H2,1H3/t21-,22-. The second-order valence-corrected chi connectivity index (χ2v) is 9.38. The number of hydrogen-bond acceptors (Lipinski definition) is 2. The first-order chi connectivity index (χ1) is 15.2. The van der Waals surface area contributed by atoms with Gasteiger partial charge in [-0.05, 0) is 48.4 Å². The van der Waals surface area contributed by atoms with Gasteiger partial charge in [0.15, 0.2) is 17.5 Å². The monoisotopic (exact) mass is 428 g/mol. The zero-order chi connectivity index (χ0) is 21.9. The van der Waals surface area contributed by atoms with Gasteiger partial charge in [0.05, 0.1) is 0 Å². The Bertz CT molecular complexity index is 767. The van der Waals surface area contributed by atoms with E-state index in [0.29, 0.717) is 11.4 Å². The highest BCUT2D eigenvalue weighted by Crippen LogP contribution is 2.34. The van der Waals surface area contributed by atoms with Gasteiger partial charge in [0.1, 0.15) is 0 Å². The average molecular weight is 429 g/mol. The number of aromatic nitrogens is 2. The molecule has 1 aromatic carbocycles. The van der Waals surface area contributed by atoms with Gasteiger partial charge in [-0.25, -0.2) is 18.7 Å². The third-order valence-electron chi connectivity index (χ3n) is 6.91. The summed E-state index contributed by atoms with van der Waals surface area (Å²) in [5.41, 5.74) is 1.63. The molecule has 1 saturated carbocycles. The Morgan fingerprint density at radius 3 is 2.03 bits per heavy atom. The molecule has 0 spiro atoms. The molecule has 0 aliphatic heterocycles. The SMILES string of the molecule is CCCCCCCCC[C@H]1CC[C@H](CCc2cnc(-c3ccc(F)c(F)c3)nc2)CC1. The van der Waals surface area contributed by atoms with Crippen LogP contribution in [0.2, 0.25) is 0 Å². The van der Waals surface area contributed by atoms with E-state index in [4.69, 9.17) is 0 Å². The molecule has 0 bridgehead atoms. The summed E-state index contributed by atoms with van der Waals surface area (Å²) >= 11 is 0. The summed E-state index contributed by atoms with van der Waals surface area (Å²) < 4.78 is 26.5. The summed E-state index contributed by atoms with van der Waals surface area (Å²) in [5.74, 6) is 0.487. The molecule has 4 heteroatoms. The molecular weight excluding hydrogens is 390 g/mol. The number of nitrogens with zero attached hydrogens (tertiary/aromatic N) is 2. The van der Waals surface area contributed by atoms with E-state index in [1.54, 1.807) is 0 Å². The lowest BCUT2D eigenvalue weighted by Crippen LogP contribution is -2.15. The second-order valence-electron chi connectivity index (χ2n) is 9.38. The summed E-state index contributed by atoms with van der Waals surface area (Å²) in [7, 11) is 0. The van der Waals surface area contributed by atoms with Crippen LogP contribution in [0.15, 0.2) is 30.6 Å². The van der Waals surface area contributed by atoms with Gasteiger partial charge in [0, 0.05) is 18.0 Å². The molecule has 0 amide bonds. The predicted octanol–water partition coefficient (Wildman–Crippen LogP) is 8.30. The number of hydrogen-bond donors (Lipinski definition) is 0. The maximum Gasteiger partial charge on any atom is 0.159 e. The summed E-state index contributed by atoms with van der Waals surface area (Å²) in [6.45, 7) is 2.28. The van der Waals surface area contributed by atoms with Crippen LogP contribution < -0.4 is 0 Å². The van der Waals surface area contributed by atoms with Crippen molar-refractivity contribution < 1.29 is 8.78 Å². The van der Waals surface area contributed by atoms with Gasteiger partial charge in [0.2, 0.25) is 0 Å². The van der Waals surface area contributed by atoms with Crippen molar-refractivity contribution in [2.24, 2.45) is 11.8 Å². The van der Waals surface area contributed by atoms with Gasteiger partial charge in [-0.1, -0.05) is 84.0 Å². The minimum atomic E-state index is -0.868. The third kappa shape index (κ3) is 7.97. The molecule has 1 heterocycles. The molecule has 1 aliphatic carbocycles. The lowest BCUT2D eigenvalue weighted by atomic mass is 9.78. The topological polar surface area (TPSA) is 25.8 Å². The number of halogens is 2. The third-order valence-corrected chi connectivity index (χ3v) is 6.91. The van der Waals surface area contributed by atoms with Crippen LogP contribution in [0.25, 0.3) is 11.4 Å². The van der Waals surface area contributed by atoms with Crippen LogP contribution in [0.4, 0.5) is 8.78 Å². The Morgan fingerprint density at radius 2 is 1.39 bits per heavy atom. The van der Waals surface area contributed by atoms with Gasteiger partial charge >= 0.3 is 0 Å². The van der Waals surface area contributed by atoms with E-state index in [0.717, 1.165) is 36.0 Å². The van der Waals surface area contributed by atoms with E-state index in [2.05, 4.69) is 16.9 Å². The Labute approximate surface area is 186 Å². The highest BCUT2D eigenvalue weighted by molar-refractivity contribution is 5.54. The van der Waals surface area contributed by atoms with Gasteiger partial charge < -0.3 is 0 Å². The molecule has 0 saturated heterocycles. The average Bonchev–Trinajstić information content (AvgIpc) is 2.80. The molecule has 0 radical (unpaired) electrons. The second kappa shape index (κ2) is 12.9. The van der Waals surface area contributed by atoms with Crippen molar-refractivity contribution in [2.45, 2.75) is 96.8 Å². The summed E-state index contributed by atoms with van der Waals surface area (Å²) in [6.07, 6.45) is 22.6. The maximum atomic E-state index is 13.4. The molecule has 1 aliphatic rings. The van der Waals surface area contributed by atoms with E-state index in [9.17, 15) is 8.78 Å². The van der Waals surface area contributed by atoms with Crippen molar-refractivity contribution >= 4 is 0 Å². The zero-order valence-electron chi connectivity index (χ0n) is 19.1. The Balaban J connectivity index is 1.32. The van der Waals surface area contributed by atoms with E-state index in [-0.39, 0.29) is 0 Å². The number of unbranched alkanes of at least 4 members (excludes halogenated alkanes) is 6. The largest absolute Gasteiger partial charge is 0.236 e. The van der Waals surface area contributed by atoms with Crippen molar-refractivity contribution in [3.63, 3.8) is 0 Å². The lowest BCUT2D eigenvalue weighted by Gasteiger charge is -2.28. The van der Waals surface area contributed by atoms with Gasteiger partial charge in [0.25, 0.3) is 0 Å². The fraction of sp³-hybridized carbons (Fsp3) is 0.630. The fourth-order valence-corrected chi connectivity index (χ4v) is 4.84. The first-order valence-electron chi connectivity index (χ1n) is 12.4. The minimum absolute atomic E-state index is 0.438. The van der Waals surface area contributed by atoms with Crippen LogP contribution in [0.3, 0.4) is 0 Å². The zero-order valence-corrected chi connectivity index (χ0v) is 19.1. The first kappa shape index (κ1) is 23.8. The summed E-state index contributed by atoms with van der Waals surface area (Å²) in [6, 6.07) is 3.78. The molecular formula is C27H38F2N2. The van der Waals surface area contributed by atoms with Crippen molar-refractivity contribution in [3.05, 3.63) is 47.8 Å². The molecule has 170 valence electrons. The van der Waals surface area contributed by atoms with Crippen LogP contribution in [-0.2, 0) is 6.42 Å². The van der Waals surface area contributed by atoms with Crippen molar-refractivity contribution in [2.75, 3.05) is 0 Å². The van der Waals surface area contributed by atoms with Crippen molar-refractivity contribution in [1.29, 1.82) is 0 Å². The molecule has 0 atom stereocenters. The molecule has 1 aromatic heterocycles. The fourth-order valence-electron chi connectivity index (χ4n) is 4.84. The maximum absolute atomic E-state index is 13.4. The number of aryl methyl sites for hydroxylation is 1. The molecule has 2 nitrogen and oxygen atoms in total. The molecule has 1 fully saturated rings. The molecule has 3 rings (SSSR count). The van der Waals surface area contributed by atoms with Gasteiger partial charge in [-0.3, -0.25) is 0 Å². The van der Waals surface area contributed by atoms with E-state index >= 15 is 0 Å². The van der Waals surface area contributed by atoms with Gasteiger partial charge in [-0.15, -0.1) is 0 Å². The Kier molecular flexibility index (Phi) is 9.89. The highest BCUT2D eigenvalue weighted by Gasteiger charge is 2.20. The van der Waals surface area contributed by atoms with Crippen LogP contribution in [0, 0.1) is 23.5 Å². The highest BCUT2D eigenvalue weighted by atomic mass is 19.2. The number of rotatable bonds is 12. The van der Waals surface area contributed by atoms with Crippen LogP contribution in [0.5, 0.6) is 0 Å². The van der Waals surface area contributed by atoms with Gasteiger partial charge in [-0.2, -0.15) is 0 Å². The Morgan fingerprint density at radius 1 is 0.774 bits per heavy atom. The van der Waals surface area contributed by atoms with E-state index < -0.39 is 11.6 Å². The summed E-state index contributed by atoms with van der Waals surface area (Å²) in [4.78, 5) is 8.72. The van der Waals surface area contributed by atoms with Crippen LogP contribution in [-0.4, -0.2) is 9.97 Å². The molecule has 0 N–H and O–H groups in total. The lowest BCUT2D eigenvalue weighted by molar-refractivity contribution is 0.248. The first-order valence-corrected chi connectivity index (χ1v) is 12.4. The Hall–Kier alpha value is -1.84. The molecule has 2 aromatic rings. The summed E-state index contributed by atoms with van der Waals surface area (Å²) in [5, 5.41) is 0.